The van der Waals surface area contributed by atoms with Crippen LogP contribution in [-0.2, 0) is 16.1 Å². The van der Waals surface area contributed by atoms with Gasteiger partial charge < -0.3 is 14.9 Å². The van der Waals surface area contributed by atoms with Crippen molar-refractivity contribution in [3.63, 3.8) is 0 Å². The number of ether oxygens (including phenoxy) is 1. The van der Waals surface area contributed by atoms with E-state index in [-0.39, 0.29) is 18.5 Å². The average Bonchev–Trinajstić information content (AvgIpc) is 2.58. The van der Waals surface area contributed by atoms with Gasteiger partial charge in [0.2, 0.25) is 0 Å². The summed E-state index contributed by atoms with van der Waals surface area (Å²) in [6.07, 6.45) is 6.72. The molecule has 0 unspecified atom stereocenters. The normalized spacial score (nSPS) is 14.4. The summed E-state index contributed by atoms with van der Waals surface area (Å²) < 4.78 is 5.03. The summed E-state index contributed by atoms with van der Waals surface area (Å²) in [7, 11) is 0. The minimum absolute atomic E-state index is 0.0328. The van der Waals surface area contributed by atoms with Crippen LogP contribution < -0.4 is 0 Å². The summed E-state index contributed by atoms with van der Waals surface area (Å²) in [5.41, 5.74) is 1.88. The largest absolute Gasteiger partial charge is 0.462 e. The van der Waals surface area contributed by atoms with Gasteiger partial charge in [0.1, 0.15) is 0 Å². The van der Waals surface area contributed by atoms with E-state index in [0.29, 0.717) is 18.9 Å². The van der Waals surface area contributed by atoms with Gasteiger partial charge in [-0.1, -0.05) is 63.3 Å². The van der Waals surface area contributed by atoms with Crippen LogP contribution in [0.1, 0.15) is 38.3 Å². The molecule has 132 valence electrons. The van der Waals surface area contributed by atoms with Crippen LogP contribution in [0.15, 0.2) is 42.5 Å². The van der Waals surface area contributed by atoms with E-state index in [1.54, 1.807) is 6.08 Å². The number of aliphatic hydroxyl groups is 2. The quantitative estimate of drug-likeness (QED) is 0.538. The van der Waals surface area contributed by atoms with E-state index in [1.807, 2.05) is 57.2 Å². The lowest BCUT2D eigenvalue weighted by molar-refractivity contribution is -0.138. The van der Waals surface area contributed by atoms with Crippen LogP contribution in [-0.4, -0.2) is 28.9 Å². The number of rotatable bonds is 9. The summed E-state index contributed by atoms with van der Waals surface area (Å²) in [6.45, 7) is 6.32. The van der Waals surface area contributed by atoms with Crippen LogP contribution in [0, 0.1) is 11.8 Å². The molecule has 1 aromatic carbocycles. The molecule has 0 aliphatic heterocycles. The first kappa shape index (κ1) is 20.1. The first-order valence-corrected chi connectivity index (χ1v) is 8.31. The molecule has 0 spiro atoms. The maximum Gasteiger partial charge on any atom is 0.330 e. The monoisotopic (exact) mass is 332 g/mol. The highest BCUT2D eigenvalue weighted by Gasteiger charge is 2.09. The van der Waals surface area contributed by atoms with Crippen LogP contribution in [0.5, 0.6) is 0 Å². The first-order chi connectivity index (χ1) is 11.4. The van der Waals surface area contributed by atoms with Crippen molar-refractivity contribution in [1.29, 1.82) is 0 Å². The van der Waals surface area contributed by atoms with E-state index in [9.17, 15) is 9.90 Å². The molecule has 4 heteroatoms. The minimum Gasteiger partial charge on any atom is -0.462 e. The number of benzene rings is 1. The van der Waals surface area contributed by atoms with Gasteiger partial charge in [-0.05, 0) is 23.5 Å². The molecule has 0 aliphatic rings. The van der Waals surface area contributed by atoms with E-state index in [2.05, 4.69) is 0 Å². The lowest BCUT2D eigenvalue weighted by Crippen LogP contribution is -2.14. The van der Waals surface area contributed by atoms with Gasteiger partial charge in [0.15, 0.2) is 0 Å². The second kappa shape index (κ2) is 10.8. The van der Waals surface area contributed by atoms with Gasteiger partial charge in [0, 0.05) is 12.0 Å². The van der Waals surface area contributed by atoms with Crippen LogP contribution in [0.4, 0.5) is 0 Å². The SMILES string of the molecule is CC(C)COC(=O)/C=C/C[C@H](O)[C@H](C)/C=C/c1ccc(CO)cc1. The van der Waals surface area contributed by atoms with Crippen molar-refractivity contribution < 1.29 is 19.7 Å². The molecule has 0 heterocycles. The number of carbonyl (C=O) groups is 1. The number of hydrogen-bond donors (Lipinski definition) is 2. The fourth-order valence-corrected chi connectivity index (χ4v) is 1.94. The zero-order valence-corrected chi connectivity index (χ0v) is 14.7. The Kier molecular flexibility index (Phi) is 9.05. The minimum atomic E-state index is -0.563. The maximum absolute atomic E-state index is 11.4. The third-order valence-corrected chi connectivity index (χ3v) is 3.55. The van der Waals surface area contributed by atoms with Crippen LogP contribution >= 0.6 is 0 Å². The molecule has 1 rings (SSSR count). The molecule has 0 saturated carbocycles. The fourth-order valence-electron chi connectivity index (χ4n) is 1.94. The molecule has 0 aromatic heterocycles. The molecule has 0 bridgehead atoms. The van der Waals surface area contributed by atoms with Gasteiger partial charge >= 0.3 is 5.97 Å². The molecular formula is C20H28O4. The zero-order valence-electron chi connectivity index (χ0n) is 14.7. The lowest BCUT2D eigenvalue weighted by Gasteiger charge is -2.13. The molecule has 2 atom stereocenters. The van der Waals surface area contributed by atoms with E-state index in [4.69, 9.17) is 9.84 Å². The second-order valence-corrected chi connectivity index (χ2v) is 6.35. The van der Waals surface area contributed by atoms with Gasteiger partial charge in [-0.2, -0.15) is 0 Å². The van der Waals surface area contributed by atoms with Gasteiger partial charge in [0.05, 0.1) is 19.3 Å². The predicted octanol–water partition coefficient (Wildman–Crippen LogP) is 3.33. The highest BCUT2D eigenvalue weighted by atomic mass is 16.5. The standard InChI is InChI=1S/C20H28O4/c1-15(2)14-24-20(23)6-4-5-19(22)16(3)7-8-17-9-11-18(13-21)12-10-17/h4,6-12,15-16,19,21-22H,5,13-14H2,1-3H3/b6-4+,8-7+/t16-,19+/m1/s1. The number of aliphatic hydroxyl groups excluding tert-OH is 2. The Morgan fingerprint density at radius 1 is 1.21 bits per heavy atom. The van der Waals surface area contributed by atoms with Gasteiger partial charge in [-0.15, -0.1) is 0 Å². The van der Waals surface area contributed by atoms with Crippen molar-refractivity contribution in [2.75, 3.05) is 6.61 Å². The summed E-state index contributed by atoms with van der Waals surface area (Å²) in [4.78, 5) is 11.4. The molecule has 0 amide bonds. The Morgan fingerprint density at radius 3 is 2.46 bits per heavy atom. The summed E-state index contributed by atoms with van der Waals surface area (Å²) in [6, 6.07) is 7.58. The van der Waals surface area contributed by atoms with E-state index in [1.165, 1.54) is 6.08 Å². The third kappa shape index (κ3) is 8.09. The molecule has 0 radical (unpaired) electrons. The lowest BCUT2D eigenvalue weighted by atomic mass is 10.00. The van der Waals surface area contributed by atoms with Crippen molar-refractivity contribution in [1.82, 2.24) is 0 Å². The van der Waals surface area contributed by atoms with Gasteiger partial charge in [-0.25, -0.2) is 4.79 Å². The number of hydrogen-bond acceptors (Lipinski definition) is 4. The Bertz CT molecular complexity index is 543. The third-order valence-electron chi connectivity index (χ3n) is 3.55. The van der Waals surface area contributed by atoms with Gasteiger partial charge in [-0.3, -0.25) is 0 Å². The fraction of sp³-hybridized carbons (Fsp3) is 0.450. The molecule has 24 heavy (non-hydrogen) atoms. The second-order valence-electron chi connectivity index (χ2n) is 6.35. The van der Waals surface area contributed by atoms with E-state index in [0.717, 1.165) is 11.1 Å². The number of esters is 1. The van der Waals surface area contributed by atoms with Crippen molar-refractivity contribution in [3.8, 4) is 0 Å². The molecule has 2 N–H and O–H groups in total. The average molecular weight is 332 g/mol. The van der Waals surface area contributed by atoms with Crippen molar-refractivity contribution in [2.24, 2.45) is 11.8 Å². The Balaban J connectivity index is 2.41. The van der Waals surface area contributed by atoms with Crippen molar-refractivity contribution in [3.05, 3.63) is 53.6 Å². The zero-order chi connectivity index (χ0) is 17.9. The smallest absolute Gasteiger partial charge is 0.330 e. The Hall–Kier alpha value is -1.91. The van der Waals surface area contributed by atoms with Crippen LogP contribution in [0.25, 0.3) is 6.08 Å². The number of carbonyl (C=O) groups excluding carboxylic acids is 1. The topological polar surface area (TPSA) is 66.8 Å². The molecule has 0 saturated heterocycles. The summed E-state index contributed by atoms with van der Waals surface area (Å²) in [5.74, 6) is -0.105. The molecule has 1 aromatic rings. The van der Waals surface area contributed by atoms with Crippen LogP contribution in [0.2, 0.25) is 0 Å². The maximum atomic E-state index is 11.4. The summed E-state index contributed by atoms with van der Waals surface area (Å²) in [5, 5.41) is 19.1. The predicted molar refractivity (Wildman–Crippen MR) is 96.1 cm³/mol. The Labute approximate surface area is 144 Å². The molecule has 4 nitrogen and oxygen atoms in total. The van der Waals surface area contributed by atoms with Gasteiger partial charge in [0.25, 0.3) is 0 Å². The van der Waals surface area contributed by atoms with Crippen LogP contribution in [0.3, 0.4) is 0 Å². The molecule has 0 fully saturated rings. The Morgan fingerprint density at radius 2 is 1.88 bits per heavy atom. The first-order valence-electron chi connectivity index (χ1n) is 8.31. The highest BCUT2D eigenvalue weighted by Crippen LogP contribution is 2.13. The molecular weight excluding hydrogens is 304 g/mol. The highest BCUT2D eigenvalue weighted by molar-refractivity contribution is 5.81. The van der Waals surface area contributed by atoms with Crippen molar-refractivity contribution >= 4 is 12.0 Å². The van der Waals surface area contributed by atoms with E-state index >= 15 is 0 Å². The van der Waals surface area contributed by atoms with E-state index < -0.39 is 6.10 Å². The molecule has 0 aliphatic carbocycles. The van der Waals surface area contributed by atoms with Crippen molar-refractivity contribution in [2.45, 2.75) is 39.9 Å². The summed E-state index contributed by atoms with van der Waals surface area (Å²) >= 11 is 0.